The first-order chi connectivity index (χ1) is 8.74. The first-order valence-electron chi connectivity index (χ1n) is 6.43. The Bertz CT molecular complexity index is 673. The van der Waals surface area contributed by atoms with Gasteiger partial charge in [0.25, 0.3) is 5.56 Å². The van der Waals surface area contributed by atoms with Crippen LogP contribution in [0.3, 0.4) is 0 Å². The lowest BCUT2D eigenvalue weighted by atomic mass is 10.1. The van der Waals surface area contributed by atoms with Crippen LogP contribution < -0.4 is 10.5 Å². The second kappa shape index (κ2) is 3.34. The molecule has 1 aliphatic carbocycles. The number of H-pyrrole nitrogens is 1. The predicted octanol–water partition coefficient (Wildman–Crippen LogP) is 0.645. The van der Waals surface area contributed by atoms with Gasteiger partial charge in [0.15, 0.2) is 5.65 Å². The molecule has 2 atom stereocenters. The topological polar surface area (TPSA) is 66.8 Å². The number of hydrogen-bond donors (Lipinski definition) is 1. The molecule has 4 rings (SSSR count). The van der Waals surface area contributed by atoms with Gasteiger partial charge in [-0.25, -0.2) is 0 Å². The smallest absolute Gasteiger partial charge is 0.263 e. The third-order valence-corrected chi connectivity index (χ3v) is 4.12. The van der Waals surface area contributed by atoms with Gasteiger partial charge in [0.05, 0.1) is 6.20 Å². The third kappa shape index (κ3) is 1.31. The van der Waals surface area contributed by atoms with Crippen LogP contribution in [-0.4, -0.2) is 32.3 Å². The molecule has 1 N–H and O–H groups in total. The largest absolute Gasteiger partial charge is 0.339 e. The first-order valence-corrected chi connectivity index (χ1v) is 6.43. The number of nitrogens with one attached hydrogen (secondary N) is 1. The molecule has 3 heterocycles. The van der Waals surface area contributed by atoms with Crippen molar-refractivity contribution < 1.29 is 0 Å². The van der Waals surface area contributed by atoms with Crippen molar-refractivity contribution in [2.24, 2.45) is 13.0 Å². The molecule has 0 unspecified atom stereocenters. The zero-order valence-corrected chi connectivity index (χ0v) is 10.3. The molecule has 2 aromatic heterocycles. The molecule has 0 amide bonds. The highest BCUT2D eigenvalue weighted by molar-refractivity contribution is 5.74. The minimum atomic E-state index is -0.0918. The van der Waals surface area contributed by atoms with E-state index in [4.69, 9.17) is 0 Å². The second-order valence-electron chi connectivity index (χ2n) is 5.29. The maximum Gasteiger partial charge on any atom is 0.263 e. The van der Waals surface area contributed by atoms with Crippen LogP contribution in [0.15, 0.2) is 11.0 Å². The number of aromatic nitrogens is 4. The summed E-state index contributed by atoms with van der Waals surface area (Å²) in [5.41, 5.74) is 0.572. The highest BCUT2D eigenvalue weighted by Gasteiger charge is 2.45. The van der Waals surface area contributed by atoms with Crippen molar-refractivity contribution >= 4 is 17.0 Å². The van der Waals surface area contributed by atoms with Gasteiger partial charge in [-0.1, -0.05) is 0 Å². The van der Waals surface area contributed by atoms with Crippen LogP contribution in [0.4, 0.5) is 5.95 Å². The minimum Gasteiger partial charge on any atom is -0.339 e. The molecular formula is C12H15N5O. The predicted molar refractivity (Wildman–Crippen MR) is 67.6 cm³/mol. The van der Waals surface area contributed by atoms with E-state index < -0.39 is 0 Å². The fraction of sp³-hybridized carbons (Fsp3) is 0.583. The van der Waals surface area contributed by atoms with Gasteiger partial charge in [-0.3, -0.25) is 14.5 Å². The van der Waals surface area contributed by atoms with Crippen LogP contribution in [0, 0.1) is 5.92 Å². The van der Waals surface area contributed by atoms with Crippen LogP contribution >= 0.6 is 0 Å². The molecule has 18 heavy (non-hydrogen) atoms. The molecule has 1 saturated carbocycles. The molecule has 0 aromatic carbocycles. The Balaban J connectivity index is 1.85. The number of aromatic amines is 1. The van der Waals surface area contributed by atoms with Crippen LogP contribution in [0.25, 0.3) is 11.0 Å². The molecule has 6 nitrogen and oxygen atoms in total. The summed E-state index contributed by atoms with van der Waals surface area (Å²) in [6.07, 6.45) is 5.32. The van der Waals surface area contributed by atoms with Crippen molar-refractivity contribution in [3.05, 3.63) is 16.6 Å². The lowest BCUT2D eigenvalue weighted by molar-refractivity contribution is 0.550. The Kier molecular flexibility index (Phi) is 1.87. The summed E-state index contributed by atoms with van der Waals surface area (Å²) < 4.78 is 1.66. The molecule has 2 aromatic rings. The van der Waals surface area contributed by atoms with Crippen molar-refractivity contribution in [2.75, 3.05) is 11.4 Å². The molecule has 94 valence electrons. The summed E-state index contributed by atoms with van der Waals surface area (Å²) in [4.78, 5) is 21.7. The number of rotatable bonds is 1. The summed E-state index contributed by atoms with van der Waals surface area (Å²) in [7, 11) is 1.81. The fourth-order valence-electron chi connectivity index (χ4n) is 3.03. The van der Waals surface area contributed by atoms with Crippen molar-refractivity contribution in [3.8, 4) is 0 Å². The Morgan fingerprint density at radius 2 is 2.39 bits per heavy atom. The SMILES string of the molecule is Cn1ncc2c(=O)[nH]c(N3CCC[C@H]4C[C@H]43)nc21. The summed E-state index contributed by atoms with van der Waals surface area (Å²) in [6.45, 7) is 0.994. The number of aryl methyl sites for hydroxylation is 1. The molecular weight excluding hydrogens is 230 g/mol. The summed E-state index contributed by atoms with van der Waals surface area (Å²) in [6, 6.07) is 0.590. The minimum absolute atomic E-state index is 0.0918. The van der Waals surface area contributed by atoms with Gasteiger partial charge in [-0.15, -0.1) is 0 Å². The van der Waals surface area contributed by atoms with E-state index in [-0.39, 0.29) is 5.56 Å². The zero-order valence-electron chi connectivity index (χ0n) is 10.3. The molecule has 6 heteroatoms. The van der Waals surface area contributed by atoms with Crippen LogP contribution in [0.5, 0.6) is 0 Å². The third-order valence-electron chi connectivity index (χ3n) is 4.12. The molecule has 0 bridgehead atoms. The fourth-order valence-corrected chi connectivity index (χ4v) is 3.03. The maximum atomic E-state index is 12.0. The van der Waals surface area contributed by atoms with Gasteiger partial charge in [0.2, 0.25) is 5.95 Å². The average molecular weight is 245 g/mol. The summed E-state index contributed by atoms with van der Waals surface area (Å²) >= 11 is 0. The van der Waals surface area contributed by atoms with Crippen molar-refractivity contribution in [2.45, 2.75) is 25.3 Å². The van der Waals surface area contributed by atoms with Gasteiger partial charge < -0.3 is 4.90 Å². The number of hydrogen-bond acceptors (Lipinski definition) is 4. The molecule has 1 saturated heterocycles. The van der Waals surface area contributed by atoms with Crippen molar-refractivity contribution in [3.63, 3.8) is 0 Å². The van der Waals surface area contributed by atoms with E-state index in [0.717, 1.165) is 12.5 Å². The van der Waals surface area contributed by atoms with Gasteiger partial charge in [0, 0.05) is 19.6 Å². The Labute approximate surface area is 104 Å². The van der Waals surface area contributed by atoms with Crippen LogP contribution in [0.1, 0.15) is 19.3 Å². The number of piperidine rings is 1. The number of fused-ring (bicyclic) bond motifs is 2. The van der Waals surface area contributed by atoms with Crippen molar-refractivity contribution in [1.82, 2.24) is 19.7 Å². The Hall–Kier alpha value is -1.85. The second-order valence-corrected chi connectivity index (χ2v) is 5.29. The normalized spacial score (nSPS) is 26.4. The zero-order chi connectivity index (χ0) is 12.3. The molecule has 2 aliphatic rings. The van der Waals surface area contributed by atoms with Crippen LogP contribution in [-0.2, 0) is 7.05 Å². The van der Waals surface area contributed by atoms with Gasteiger partial charge in [-0.05, 0) is 25.2 Å². The standard InChI is InChI=1S/C12H15N5O/c1-16-10-8(6-13-16)11(18)15-12(14-10)17-4-2-3-7-5-9(7)17/h6-7,9H,2-5H2,1H3,(H,14,15,18)/t7-,9+/m0/s1. The lowest BCUT2D eigenvalue weighted by Gasteiger charge is -2.26. The van der Waals surface area contributed by atoms with E-state index in [1.807, 2.05) is 7.05 Å². The van der Waals surface area contributed by atoms with E-state index in [1.54, 1.807) is 10.9 Å². The average Bonchev–Trinajstić information content (AvgIpc) is 3.07. The lowest BCUT2D eigenvalue weighted by Crippen LogP contribution is -2.34. The van der Waals surface area contributed by atoms with Crippen LogP contribution in [0.2, 0.25) is 0 Å². The number of nitrogens with zero attached hydrogens (tertiary/aromatic N) is 4. The maximum absolute atomic E-state index is 12.0. The number of anilines is 1. The summed E-state index contributed by atoms with van der Waals surface area (Å²) in [5.74, 6) is 1.52. The van der Waals surface area contributed by atoms with E-state index in [0.29, 0.717) is 23.0 Å². The molecule has 1 aliphatic heterocycles. The monoisotopic (exact) mass is 245 g/mol. The first kappa shape index (κ1) is 10.1. The highest BCUT2D eigenvalue weighted by atomic mass is 16.1. The highest BCUT2D eigenvalue weighted by Crippen LogP contribution is 2.44. The quantitative estimate of drug-likeness (QED) is 0.801. The van der Waals surface area contributed by atoms with E-state index in [1.165, 1.54) is 19.3 Å². The van der Waals surface area contributed by atoms with Gasteiger partial charge >= 0.3 is 0 Å². The Morgan fingerprint density at radius 3 is 3.28 bits per heavy atom. The summed E-state index contributed by atoms with van der Waals surface area (Å²) in [5, 5.41) is 4.65. The van der Waals surface area contributed by atoms with E-state index in [9.17, 15) is 4.79 Å². The van der Waals surface area contributed by atoms with Gasteiger partial charge in [-0.2, -0.15) is 10.1 Å². The molecule has 0 spiro atoms. The van der Waals surface area contributed by atoms with Gasteiger partial charge in [0.1, 0.15) is 5.39 Å². The van der Waals surface area contributed by atoms with E-state index >= 15 is 0 Å². The molecule has 0 radical (unpaired) electrons. The molecule has 2 fully saturated rings. The van der Waals surface area contributed by atoms with E-state index in [2.05, 4.69) is 20.0 Å². The Morgan fingerprint density at radius 1 is 1.50 bits per heavy atom. The van der Waals surface area contributed by atoms with Crippen molar-refractivity contribution in [1.29, 1.82) is 0 Å².